The number of carbonyl (C=O) groups excluding carboxylic acids is 1. The molecule has 0 bridgehead atoms. The van der Waals surface area contributed by atoms with Gasteiger partial charge in [-0.15, -0.1) is 0 Å². The van der Waals surface area contributed by atoms with Gasteiger partial charge >= 0.3 is 0 Å². The lowest BCUT2D eigenvalue weighted by Gasteiger charge is -2.29. The molecule has 3 heterocycles. The van der Waals surface area contributed by atoms with Crippen LogP contribution in [-0.2, 0) is 13.1 Å². The van der Waals surface area contributed by atoms with E-state index < -0.39 is 0 Å². The molecular weight excluding hydrogens is 398 g/mol. The summed E-state index contributed by atoms with van der Waals surface area (Å²) in [6.45, 7) is 1.67. The second kappa shape index (κ2) is 7.85. The maximum absolute atomic E-state index is 12.8. The molecule has 0 aliphatic carbocycles. The molecule has 0 amide bonds. The molecule has 2 aliphatic rings. The minimum absolute atomic E-state index is 0.161. The van der Waals surface area contributed by atoms with Crippen molar-refractivity contribution in [1.29, 1.82) is 0 Å². The molecule has 0 spiro atoms. The second-order valence-electron chi connectivity index (χ2n) is 7.32. The fourth-order valence-electron chi connectivity index (χ4n) is 3.85. The van der Waals surface area contributed by atoms with Crippen molar-refractivity contribution in [1.82, 2.24) is 4.90 Å². The summed E-state index contributed by atoms with van der Waals surface area (Å²) in [5, 5.41) is 0. The van der Waals surface area contributed by atoms with E-state index in [4.69, 9.17) is 23.4 Å². The zero-order valence-electron chi connectivity index (χ0n) is 17.2. The predicted molar refractivity (Wildman–Crippen MR) is 112 cm³/mol. The first-order valence-corrected chi connectivity index (χ1v) is 9.86. The molecular formula is C24H21NO6. The number of ether oxygens (including phenoxy) is 4. The van der Waals surface area contributed by atoms with Crippen LogP contribution in [0.3, 0.4) is 0 Å². The van der Waals surface area contributed by atoms with Crippen molar-refractivity contribution in [3.63, 3.8) is 0 Å². The van der Waals surface area contributed by atoms with Crippen LogP contribution in [0.25, 0.3) is 6.08 Å². The fraction of sp³-hybridized carbons (Fsp3) is 0.208. The Balaban J connectivity index is 1.40. The van der Waals surface area contributed by atoms with Crippen LogP contribution < -0.4 is 18.9 Å². The van der Waals surface area contributed by atoms with E-state index in [0.717, 1.165) is 16.9 Å². The molecule has 7 nitrogen and oxygen atoms in total. The number of fused-ring (bicyclic) bond motifs is 3. The van der Waals surface area contributed by atoms with Crippen molar-refractivity contribution in [2.75, 3.05) is 21.0 Å². The Hall–Kier alpha value is -3.71. The highest BCUT2D eigenvalue weighted by Gasteiger charge is 2.33. The van der Waals surface area contributed by atoms with Crippen LogP contribution in [0.4, 0.5) is 0 Å². The summed E-state index contributed by atoms with van der Waals surface area (Å²) < 4.78 is 27.9. The SMILES string of the molecule is COc1ccc(CN2COc3ccc4c(c3C2)OC(=Cc2ccco2)C4=O)cc1OC. The van der Waals surface area contributed by atoms with Crippen LogP contribution in [0.15, 0.2) is 58.9 Å². The quantitative estimate of drug-likeness (QED) is 0.572. The molecule has 7 heteroatoms. The lowest BCUT2D eigenvalue weighted by Crippen LogP contribution is -2.31. The molecule has 0 N–H and O–H groups in total. The van der Waals surface area contributed by atoms with E-state index in [1.165, 1.54) is 0 Å². The van der Waals surface area contributed by atoms with Gasteiger partial charge in [0.15, 0.2) is 17.3 Å². The zero-order valence-corrected chi connectivity index (χ0v) is 17.2. The molecule has 31 heavy (non-hydrogen) atoms. The van der Waals surface area contributed by atoms with Crippen LogP contribution in [0.1, 0.15) is 27.2 Å². The van der Waals surface area contributed by atoms with Gasteiger partial charge in [-0.25, -0.2) is 0 Å². The highest BCUT2D eigenvalue weighted by Crippen LogP contribution is 2.42. The smallest absolute Gasteiger partial charge is 0.232 e. The Kier molecular flexibility index (Phi) is 4.88. The van der Waals surface area contributed by atoms with Gasteiger partial charge in [0.1, 0.15) is 24.0 Å². The van der Waals surface area contributed by atoms with E-state index in [1.807, 2.05) is 24.3 Å². The standard InChI is InChI=1S/C24H21NO6/c1-27-20-7-5-15(10-21(20)28-2)12-25-13-18-19(30-14-25)8-6-17-23(26)22(31-24(17)18)11-16-4-3-9-29-16/h3-11H,12-14H2,1-2H3. The molecule has 2 aliphatic heterocycles. The van der Waals surface area contributed by atoms with Crippen LogP contribution in [0, 0.1) is 0 Å². The highest BCUT2D eigenvalue weighted by molar-refractivity contribution is 6.14. The number of rotatable bonds is 5. The first-order chi connectivity index (χ1) is 15.2. The zero-order chi connectivity index (χ0) is 21.4. The molecule has 5 rings (SSSR count). The molecule has 0 saturated heterocycles. The van der Waals surface area contributed by atoms with E-state index in [0.29, 0.717) is 48.4 Å². The van der Waals surface area contributed by atoms with Crippen LogP contribution in [0.2, 0.25) is 0 Å². The number of allylic oxidation sites excluding steroid dienone is 1. The maximum atomic E-state index is 12.8. The predicted octanol–water partition coefficient (Wildman–Crippen LogP) is 4.27. The van der Waals surface area contributed by atoms with E-state index >= 15 is 0 Å². The molecule has 2 aromatic carbocycles. The second-order valence-corrected chi connectivity index (χ2v) is 7.32. The topological polar surface area (TPSA) is 70.4 Å². The Morgan fingerprint density at radius 1 is 1.10 bits per heavy atom. The van der Waals surface area contributed by atoms with Crippen molar-refractivity contribution >= 4 is 11.9 Å². The normalized spacial score (nSPS) is 16.5. The molecule has 158 valence electrons. The highest BCUT2D eigenvalue weighted by atomic mass is 16.5. The lowest BCUT2D eigenvalue weighted by atomic mass is 10.0. The minimum Gasteiger partial charge on any atom is -0.493 e. The monoisotopic (exact) mass is 419 g/mol. The largest absolute Gasteiger partial charge is 0.493 e. The number of carbonyl (C=O) groups is 1. The van der Waals surface area contributed by atoms with Crippen molar-refractivity contribution in [2.24, 2.45) is 0 Å². The molecule has 0 radical (unpaired) electrons. The third-order valence-corrected chi connectivity index (χ3v) is 5.35. The van der Waals surface area contributed by atoms with Gasteiger partial charge in [0.05, 0.1) is 31.6 Å². The molecule has 0 saturated carbocycles. The van der Waals surface area contributed by atoms with E-state index in [9.17, 15) is 4.79 Å². The number of hydrogen-bond donors (Lipinski definition) is 0. The molecule has 0 unspecified atom stereocenters. The van der Waals surface area contributed by atoms with Crippen LogP contribution in [-0.4, -0.2) is 31.6 Å². The number of nitrogens with zero attached hydrogens (tertiary/aromatic N) is 1. The van der Waals surface area contributed by atoms with Crippen LogP contribution in [0.5, 0.6) is 23.0 Å². The fourth-order valence-corrected chi connectivity index (χ4v) is 3.85. The van der Waals surface area contributed by atoms with Crippen LogP contribution >= 0.6 is 0 Å². The summed E-state index contributed by atoms with van der Waals surface area (Å²) in [4.78, 5) is 14.9. The van der Waals surface area contributed by atoms with E-state index in [1.54, 1.807) is 44.8 Å². The number of furan rings is 1. The third-order valence-electron chi connectivity index (χ3n) is 5.35. The molecule has 0 fully saturated rings. The number of Topliss-reactive ketones (excluding diaryl/α,β-unsaturated/α-hetero) is 1. The van der Waals surface area contributed by atoms with E-state index in [2.05, 4.69) is 4.90 Å². The number of methoxy groups -OCH3 is 2. The average Bonchev–Trinajstić information content (AvgIpc) is 3.42. The summed E-state index contributed by atoms with van der Waals surface area (Å²) in [5.41, 5.74) is 2.46. The number of hydrogen-bond acceptors (Lipinski definition) is 7. The first kappa shape index (κ1) is 19.3. The Morgan fingerprint density at radius 3 is 2.74 bits per heavy atom. The van der Waals surface area contributed by atoms with Gasteiger partial charge in [0, 0.05) is 19.2 Å². The maximum Gasteiger partial charge on any atom is 0.232 e. The Labute approximate surface area is 179 Å². The Morgan fingerprint density at radius 2 is 1.97 bits per heavy atom. The van der Waals surface area contributed by atoms with Crippen molar-refractivity contribution in [3.05, 3.63) is 76.9 Å². The molecule has 0 atom stereocenters. The molecule has 1 aromatic heterocycles. The lowest BCUT2D eigenvalue weighted by molar-refractivity contribution is 0.0872. The summed E-state index contributed by atoms with van der Waals surface area (Å²) in [6.07, 6.45) is 3.17. The van der Waals surface area contributed by atoms with Gasteiger partial charge in [-0.1, -0.05) is 6.07 Å². The summed E-state index contributed by atoms with van der Waals surface area (Å²) >= 11 is 0. The van der Waals surface area contributed by atoms with Gasteiger partial charge in [0.2, 0.25) is 5.78 Å². The summed E-state index contributed by atoms with van der Waals surface area (Å²) in [7, 11) is 3.23. The summed E-state index contributed by atoms with van der Waals surface area (Å²) in [6, 6.07) is 13.0. The number of benzene rings is 2. The third kappa shape index (κ3) is 3.53. The molecule has 3 aromatic rings. The number of ketones is 1. The minimum atomic E-state index is -0.161. The first-order valence-electron chi connectivity index (χ1n) is 9.86. The van der Waals surface area contributed by atoms with E-state index in [-0.39, 0.29) is 11.5 Å². The average molecular weight is 419 g/mol. The Bertz CT molecular complexity index is 1170. The van der Waals surface area contributed by atoms with Crippen molar-refractivity contribution in [2.45, 2.75) is 13.1 Å². The van der Waals surface area contributed by atoms with Crippen molar-refractivity contribution < 1.29 is 28.2 Å². The van der Waals surface area contributed by atoms with Gasteiger partial charge in [-0.3, -0.25) is 9.69 Å². The van der Waals surface area contributed by atoms with Crippen molar-refractivity contribution in [3.8, 4) is 23.0 Å². The van der Waals surface area contributed by atoms with Gasteiger partial charge in [0.25, 0.3) is 0 Å². The summed E-state index contributed by atoms with van der Waals surface area (Å²) in [5.74, 6) is 3.30. The van der Waals surface area contributed by atoms with Gasteiger partial charge in [-0.05, 0) is 42.0 Å². The van der Waals surface area contributed by atoms with Gasteiger partial charge in [-0.2, -0.15) is 0 Å². The van der Waals surface area contributed by atoms with Gasteiger partial charge < -0.3 is 23.4 Å².